The number of carboxylic acids is 1. The fraction of sp³-hybridized carbons (Fsp3) is 0.524. The number of hydrogen-bond donors (Lipinski definition) is 2. The lowest BCUT2D eigenvalue weighted by molar-refractivity contribution is -0.151. The van der Waals surface area contributed by atoms with Crippen molar-refractivity contribution in [3.8, 4) is 0 Å². The van der Waals surface area contributed by atoms with Crippen LogP contribution in [-0.2, 0) is 23.9 Å². The van der Waals surface area contributed by atoms with Crippen LogP contribution in [0.15, 0.2) is 35.1 Å². The van der Waals surface area contributed by atoms with E-state index in [2.05, 4.69) is 5.32 Å². The van der Waals surface area contributed by atoms with Gasteiger partial charge in [-0.25, -0.2) is 4.79 Å². The maximum Gasteiger partial charge on any atom is 0.352 e. The third-order valence-corrected chi connectivity index (χ3v) is 7.37. The summed E-state index contributed by atoms with van der Waals surface area (Å²) in [4.78, 5) is 50.9. The summed E-state index contributed by atoms with van der Waals surface area (Å²) in [6.07, 6.45) is 9.13. The predicted molar refractivity (Wildman–Crippen MR) is 119 cm³/mol. The number of aliphatic carboxylic acids is 1. The van der Waals surface area contributed by atoms with Crippen LogP contribution in [0.1, 0.15) is 33.1 Å². The van der Waals surface area contributed by atoms with Gasteiger partial charge in [-0.2, -0.15) is 0 Å². The smallest absolute Gasteiger partial charge is 0.352 e. The molecule has 168 valence electrons. The Morgan fingerprint density at radius 2 is 2.13 bits per heavy atom. The normalized spacial score (nSPS) is 23.7. The number of carboxylic acid groups (broad SMARTS) is 1. The van der Waals surface area contributed by atoms with Crippen LogP contribution in [0.2, 0.25) is 0 Å². The molecule has 8 nitrogen and oxygen atoms in total. The minimum Gasteiger partial charge on any atom is -0.477 e. The van der Waals surface area contributed by atoms with Crippen LogP contribution < -0.4 is 5.32 Å². The number of nitrogens with one attached hydrogen (secondary N) is 1. The Morgan fingerprint density at radius 1 is 1.39 bits per heavy atom. The number of carbonyl (C=O) groups excluding carboxylic acids is 3. The van der Waals surface area contributed by atoms with Gasteiger partial charge in [0.15, 0.2) is 0 Å². The van der Waals surface area contributed by atoms with Crippen molar-refractivity contribution in [3.63, 3.8) is 0 Å². The quantitative estimate of drug-likeness (QED) is 0.413. The lowest BCUT2D eigenvalue weighted by Crippen LogP contribution is -2.70. The van der Waals surface area contributed by atoms with Crippen LogP contribution in [0, 0.1) is 0 Å². The summed E-state index contributed by atoms with van der Waals surface area (Å²) in [5, 5.41) is 11.3. The standard InChI is InChI=1S/C21H26N2O6S2/c1-11(2)29-21(28)17(30-3)13-10-31-19-15(18(25)23(19)16(13)20(26)27)22-14(24)9-12-7-5-4-6-8-12/h4-5,7,11,15,17,19H,6,8-10H2,1-3H3,(H,22,24)(H,26,27)/t15?,17?,19-/m0/s1. The van der Waals surface area contributed by atoms with E-state index in [1.54, 1.807) is 20.1 Å². The molecule has 0 spiro atoms. The molecule has 1 aliphatic carbocycles. The van der Waals surface area contributed by atoms with Gasteiger partial charge in [-0.3, -0.25) is 19.3 Å². The number of amides is 2. The summed E-state index contributed by atoms with van der Waals surface area (Å²) < 4.78 is 5.27. The van der Waals surface area contributed by atoms with Gasteiger partial charge in [0.25, 0.3) is 5.91 Å². The summed E-state index contributed by atoms with van der Waals surface area (Å²) in [7, 11) is 0. The molecule has 0 aromatic heterocycles. The van der Waals surface area contributed by atoms with Gasteiger partial charge >= 0.3 is 11.9 Å². The molecule has 1 fully saturated rings. The van der Waals surface area contributed by atoms with Crippen molar-refractivity contribution in [2.75, 3.05) is 12.0 Å². The van der Waals surface area contributed by atoms with Crippen molar-refractivity contribution < 1.29 is 29.0 Å². The number of fused-ring (bicyclic) bond motifs is 1. The third-order valence-electron chi connectivity index (χ3n) is 5.12. The molecule has 1 saturated heterocycles. The van der Waals surface area contributed by atoms with Crippen LogP contribution in [0.4, 0.5) is 0 Å². The highest BCUT2D eigenvalue weighted by atomic mass is 32.2. The topological polar surface area (TPSA) is 113 Å². The van der Waals surface area contributed by atoms with E-state index in [1.165, 1.54) is 28.4 Å². The number of nitrogens with zero attached hydrogens (tertiary/aromatic N) is 1. The SMILES string of the molecule is CSC(C(=O)OC(C)C)C1=C(C(=O)O)N2C(=O)C(NC(=O)CC3=CC=CCC3)[C@@H]2SC1. The average molecular weight is 467 g/mol. The monoisotopic (exact) mass is 466 g/mol. The van der Waals surface area contributed by atoms with E-state index in [0.717, 1.165) is 18.4 Å². The Morgan fingerprint density at radius 3 is 2.71 bits per heavy atom. The first-order chi connectivity index (χ1) is 14.7. The number of ether oxygens (including phenoxy) is 1. The molecule has 0 radical (unpaired) electrons. The molecule has 3 rings (SSSR count). The van der Waals surface area contributed by atoms with Crippen molar-refractivity contribution in [2.45, 2.75) is 55.9 Å². The molecule has 2 N–H and O–H groups in total. The van der Waals surface area contributed by atoms with E-state index in [9.17, 15) is 24.3 Å². The van der Waals surface area contributed by atoms with Crippen LogP contribution >= 0.6 is 23.5 Å². The molecule has 0 saturated carbocycles. The van der Waals surface area contributed by atoms with Crippen LogP contribution in [-0.4, -0.2) is 68.5 Å². The Bertz CT molecular complexity index is 879. The predicted octanol–water partition coefficient (Wildman–Crippen LogP) is 2.07. The lowest BCUT2D eigenvalue weighted by Gasteiger charge is -2.50. The molecule has 2 heterocycles. The largest absolute Gasteiger partial charge is 0.477 e. The Hall–Kier alpha value is -2.20. The van der Waals surface area contributed by atoms with E-state index >= 15 is 0 Å². The second-order valence-corrected chi connectivity index (χ2v) is 9.75. The Kier molecular flexibility index (Phi) is 7.53. The number of esters is 1. The maximum atomic E-state index is 12.8. The lowest BCUT2D eigenvalue weighted by atomic mass is 9.99. The van der Waals surface area contributed by atoms with E-state index in [-0.39, 0.29) is 29.9 Å². The summed E-state index contributed by atoms with van der Waals surface area (Å²) in [6, 6.07) is -0.775. The van der Waals surface area contributed by atoms with Gasteiger partial charge in [0, 0.05) is 12.2 Å². The number of thioether (sulfide) groups is 2. The molecular formula is C21H26N2O6S2. The zero-order chi connectivity index (χ0) is 22.7. The minimum absolute atomic E-state index is 0.181. The van der Waals surface area contributed by atoms with Crippen LogP contribution in [0.5, 0.6) is 0 Å². The molecule has 0 bridgehead atoms. The third kappa shape index (κ3) is 5.01. The summed E-state index contributed by atoms with van der Waals surface area (Å²) in [5.74, 6) is -2.27. The zero-order valence-electron chi connectivity index (χ0n) is 17.6. The first kappa shape index (κ1) is 23.5. The highest BCUT2D eigenvalue weighted by Crippen LogP contribution is 2.43. The first-order valence-electron chi connectivity index (χ1n) is 10.0. The zero-order valence-corrected chi connectivity index (χ0v) is 19.3. The molecule has 2 amide bonds. The molecule has 2 aliphatic heterocycles. The number of carbonyl (C=O) groups is 4. The maximum absolute atomic E-state index is 12.8. The van der Waals surface area contributed by atoms with E-state index in [0.29, 0.717) is 5.57 Å². The van der Waals surface area contributed by atoms with Crippen LogP contribution in [0.3, 0.4) is 0 Å². The van der Waals surface area contributed by atoms with Gasteiger partial charge in [0.05, 0.1) is 6.10 Å². The van der Waals surface area contributed by atoms with E-state index < -0.39 is 34.5 Å². The van der Waals surface area contributed by atoms with Gasteiger partial charge in [0.1, 0.15) is 22.4 Å². The highest BCUT2D eigenvalue weighted by Gasteiger charge is 2.55. The molecular weight excluding hydrogens is 440 g/mol. The van der Waals surface area contributed by atoms with E-state index in [4.69, 9.17) is 4.74 Å². The number of allylic oxidation sites excluding steroid dienone is 3. The van der Waals surface area contributed by atoms with Gasteiger partial charge in [-0.15, -0.1) is 23.5 Å². The second kappa shape index (κ2) is 9.95. The first-order valence-corrected chi connectivity index (χ1v) is 12.4. The number of β-lactam (4-membered cyclic amide) rings is 1. The summed E-state index contributed by atoms with van der Waals surface area (Å²) in [6.45, 7) is 3.44. The number of rotatable bonds is 8. The molecule has 2 unspecified atom stereocenters. The van der Waals surface area contributed by atoms with Gasteiger partial charge < -0.3 is 15.2 Å². The van der Waals surface area contributed by atoms with Crippen molar-refractivity contribution >= 4 is 47.3 Å². The Labute approximate surface area is 189 Å². The van der Waals surface area contributed by atoms with Crippen LogP contribution in [0.25, 0.3) is 0 Å². The molecule has 3 atom stereocenters. The van der Waals surface area contributed by atoms with E-state index in [1.807, 2.05) is 18.2 Å². The highest BCUT2D eigenvalue weighted by molar-refractivity contribution is 8.01. The fourth-order valence-electron chi connectivity index (χ4n) is 3.75. The van der Waals surface area contributed by atoms with Crippen molar-refractivity contribution in [2.24, 2.45) is 0 Å². The molecule has 10 heteroatoms. The average Bonchev–Trinajstić information content (AvgIpc) is 2.72. The fourth-order valence-corrected chi connectivity index (χ4v) is 5.97. The van der Waals surface area contributed by atoms with Crippen molar-refractivity contribution in [3.05, 3.63) is 35.1 Å². The Balaban J connectivity index is 1.75. The molecule has 31 heavy (non-hydrogen) atoms. The number of hydrogen-bond acceptors (Lipinski definition) is 7. The van der Waals surface area contributed by atoms with Crippen molar-refractivity contribution in [1.82, 2.24) is 10.2 Å². The summed E-state index contributed by atoms with van der Waals surface area (Å²) in [5.41, 5.74) is 1.17. The van der Waals surface area contributed by atoms with Gasteiger partial charge in [-0.1, -0.05) is 23.8 Å². The molecule has 3 aliphatic rings. The van der Waals surface area contributed by atoms with Gasteiger partial charge in [0.2, 0.25) is 5.91 Å². The molecule has 0 aromatic rings. The minimum atomic E-state index is -1.27. The summed E-state index contributed by atoms with van der Waals surface area (Å²) >= 11 is 2.52. The van der Waals surface area contributed by atoms with Gasteiger partial charge in [-0.05, 0) is 38.5 Å². The molecule has 0 aromatic carbocycles. The second-order valence-electron chi connectivity index (χ2n) is 7.70. The van der Waals surface area contributed by atoms with Crippen molar-refractivity contribution in [1.29, 1.82) is 0 Å².